The molecule has 0 bridgehead atoms. The molecule has 1 aromatic heterocycles. The molecule has 0 fully saturated rings. The molecule has 0 saturated heterocycles. The summed E-state index contributed by atoms with van der Waals surface area (Å²) in [5.74, 6) is 0.939. The minimum absolute atomic E-state index is 0.230. The van der Waals surface area contributed by atoms with Gasteiger partial charge in [0.15, 0.2) is 0 Å². The number of benzene rings is 1. The standard InChI is InChI=1S/C13H13ClN2O/c14-10-3-1-2-9(6-10)13-15-8-11-7-12(17)4-5-16(11)13/h1-3,6,8,12,17H,4-5,7H2. The Hall–Kier alpha value is -1.32. The van der Waals surface area contributed by atoms with Crippen molar-refractivity contribution in [3.05, 3.63) is 41.2 Å². The number of nitrogens with zero attached hydrogens (tertiary/aromatic N) is 2. The predicted molar refractivity (Wildman–Crippen MR) is 67.0 cm³/mol. The second-order valence-corrected chi connectivity index (χ2v) is 4.82. The number of aromatic nitrogens is 2. The third-order valence-electron chi connectivity index (χ3n) is 3.15. The van der Waals surface area contributed by atoms with Crippen molar-refractivity contribution in [1.29, 1.82) is 0 Å². The molecule has 2 aromatic rings. The predicted octanol–water partition coefficient (Wildman–Crippen LogP) is 2.51. The fourth-order valence-corrected chi connectivity index (χ4v) is 2.49. The highest BCUT2D eigenvalue weighted by Crippen LogP contribution is 2.26. The number of rotatable bonds is 1. The summed E-state index contributed by atoms with van der Waals surface area (Å²) in [5, 5.41) is 10.3. The molecule has 17 heavy (non-hydrogen) atoms. The topological polar surface area (TPSA) is 38.0 Å². The Morgan fingerprint density at radius 1 is 1.41 bits per heavy atom. The Morgan fingerprint density at radius 2 is 2.29 bits per heavy atom. The summed E-state index contributed by atoms with van der Waals surface area (Å²) in [4.78, 5) is 4.44. The molecule has 1 N–H and O–H groups in total. The summed E-state index contributed by atoms with van der Waals surface area (Å²) in [5.41, 5.74) is 2.12. The molecule has 0 aliphatic carbocycles. The summed E-state index contributed by atoms with van der Waals surface area (Å²) >= 11 is 5.99. The van der Waals surface area contributed by atoms with Crippen molar-refractivity contribution in [2.45, 2.75) is 25.5 Å². The lowest BCUT2D eigenvalue weighted by Gasteiger charge is -2.21. The van der Waals surface area contributed by atoms with Gasteiger partial charge in [0.2, 0.25) is 0 Å². The molecule has 0 spiro atoms. The lowest BCUT2D eigenvalue weighted by atomic mass is 10.1. The smallest absolute Gasteiger partial charge is 0.140 e. The number of hydrogen-bond donors (Lipinski definition) is 1. The van der Waals surface area contributed by atoms with Gasteiger partial charge in [0.05, 0.1) is 6.10 Å². The Bertz CT molecular complexity index is 550. The molecule has 88 valence electrons. The molecule has 1 aliphatic rings. The van der Waals surface area contributed by atoms with Gasteiger partial charge in [0.25, 0.3) is 0 Å². The van der Waals surface area contributed by atoms with Crippen LogP contribution in [0.25, 0.3) is 11.4 Å². The minimum atomic E-state index is -0.230. The van der Waals surface area contributed by atoms with Crippen molar-refractivity contribution in [2.24, 2.45) is 0 Å². The molecule has 1 atom stereocenters. The molecule has 1 aromatic carbocycles. The summed E-state index contributed by atoms with van der Waals surface area (Å²) in [6, 6.07) is 7.71. The first-order valence-electron chi connectivity index (χ1n) is 5.72. The molecule has 4 heteroatoms. The van der Waals surface area contributed by atoms with Gasteiger partial charge in [0, 0.05) is 35.4 Å². The molecule has 2 heterocycles. The summed E-state index contributed by atoms with van der Waals surface area (Å²) in [6.07, 6.45) is 3.09. The van der Waals surface area contributed by atoms with Gasteiger partial charge in [0.1, 0.15) is 5.82 Å². The molecular formula is C13H13ClN2O. The van der Waals surface area contributed by atoms with Crippen LogP contribution in [0.3, 0.4) is 0 Å². The lowest BCUT2D eigenvalue weighted by Crippen LogP contribution is -2.22. The van der Waals surface area contributed by atoms with Crippen molar-refractivity contribution in [3.8, 4) is 11.4 Å². The second kappa shape index (κ2) is 4.17. The van der Waals surface area contributed by atoms with Crippen LogP contribution in [-0.2, 0) is 13.0 Å². The SMILES string of the molecule is OC1CCn2c(cnc2-c2cccc(Cl)c2)C1. The van der Waals surface area contributed by atoms with Crippen LogP contribution in [0.1, 0.15) is 12.1 Å². The van der Waals surface area contributed by atoms with Crippen LogP contribution in [0, 0.1) is 0 Å². The highest BCUT2D eigenvalue weighted by Gasteiger charge is 2.20. The van der Waals surface area contributed by atoms with E-state index in [2.05, 4.69) is 9.55 Å². The molecule has 0 saturated carbocycles. The van der Waals surface area contributed by atoms with E-state index in [1.165, 1.54) is 0 Å². The van der Waals surface area contributed by atoms with Gasteiger partial charge in [-0.1, -0.05) is 23.7 Å². The van der Waals surface area contributed by atoms with E-state index in [-0.39, 0.29) is 6.10 Å². The lowest BCUT2D eigenvalue weighted by molar-refractivity contribution is 0.144. The Labute approximate surface area is 105 Å². The molecule has 3 rings (SSSR count). The quantitative estimate of drug-likeness (QED) is 0.842. The Kier molecular flexibility index (Phi) is 2.65. The second-order valence-electron chi connectivity index (χ2n) is 4.38. The number of aliphatic hydroxyl groups excluding tert-OH is 1. The van der Waals surface area contributed by atoms with Gasteiger partial charge in [-0.2, -0.15) is 0 Å². The van der Waals surface area contributed by atoms with Gasteiger partial charge in [-0.05, 0) is 18.6 Å². The monoisotopic (exact) mass is 248 g/mol. The van der Waals surface area contributed by atoms with Gasteiger partial charge in [-0.15, -0.1) is 0 Å². The molecule has 1 aliphatic heterocycles. The van der Waals surface area contributed by atoms with Crippen molar-refractivity contribution < 1.29 is 5.11 Å². The maximum absolute atomic E-state index is 9.62. The van der Waals surface area contributed by atoms with Crippen molar-refractivity contribution in [2.75, 3.05) is 0 Å². The normalized spacial score (nSPS) is 19.1. The Balaban J connectivity index is 2.05. The van der Waals surface area contributed by atoms with Crippen LogP contribution in [0.5, 0.6) is 0 Å². The molecule has 0 radical (unpaired) electrons. The molecule has 3 nitrogen and oxygen atoms in total. The average Bonchev–Trinajstić information content (AvgIpc) is 2.71. The number of fused-ring (bicyclic) bond motifs is 1. The van der Waals surface area contributed by atoms with E-state index in [9.17, 15) is 5.11 Å². The number of hydrogen-bond acceptors (Lipinski definition) is 2. The highest BCUT2D eigenvalue weighted by molar-refractivity contribution is 6.30. The largest absolute Gasteiger partial charge is 0.393 e. The number of halogens is 1. The van der Waals surface area contributed by atoms with Crippen LogP contribution in [0.4, 0.5) is 0 Å². The van der Waals surface area contributed by atoms with Gasteiger partial charge < -0.3 is 9.67 Å². The minimum Gasteiger partial charge on any atom is -0.393 e. The zero-order valence-corrected chi connectivity index (χ0v) is 10.1. The van der Waals surface area contributed by atoms with E-state index in [1.807, 2.05) is 30.5 Å². The van der Waals surface area contributed by atoms with Crippen LogP contribution in [0.2, 0.25) is 5.02 Å². The highest BCUT2D eigenvalue weighted by atomic mass is 35.5. The van der Waals surface area contributed by atoms with Crippen molar-refractivity contribution in [1.82, 2.24) is 9.55 Å². The average molecular weight is 249 g/mol. The summed E-state index contributed by atoms with van der Waals surface area (Å²) in [7, 11) is 0. The fraction of sp³-hybridized carbons (Fsp3) is 0.308. The van der Waals surface area contributed by atoms with Crippen LogP contribution >= 0.6 is 11.6 Å². The van der Waals surface area contributed by atoms with Crippen LogP contribution in [0.15, 0.2) is 30.5 Å². The first-order chi connectivity index (χ1) is 8.24. The fourth-order valence-electron chi connectivity index (χ4n) is 2.30. The van der Waals surface area contributed by atoms with E-state index in [1.54, 1.807) is 0 Å². The third kappa shape index (κ3) is 1.96. The summed E-state index contributed by atoms with van der Waals surface area (Å²) < 4.78 is 2.17. The van der Waals surface area contributed by atoms with Gasteiger partial charge >= 0.3 is 0 Å². The zero-order chi connectivity index (χ0) is 11.8. The van der Waals surface area contributed by atoms with E-state index < -0.39 is 0 Å². The number of aliphatic hydroxyl groups is 1. The van der Waals surface area contributed by atoms with E-state index in [0.29, 0.717) is 6.42 Å². The first kappa shape index (κ1) is 10.8. The summed E-state index contributed by atoms with van der Waals surface area (Å²) in [6.45, 7) is 0.818. The van der Waals surface area contributed by atoms with Crippen LogP contribution in [-0.4, -0.2) is 20.8 Å². The third-order valence-corrected chi connectivity index (χ3v) is 3.39. The zero-order valence-electron chi connectivity index (χ0n) is 9.31. The Morgan fingerprint density at radius 3 is 3.12 bits per heavy atom. The molecule has 0 amide bonds. The van der Waals surface area contributed by atoms with Gasteiger partial charge in [-0.3, -0.25) is 0 Å². The van der Waals surface area contributed by atoms with E-state index >= 15 is 0 Å². The van der Waals surface area contributed by atoms with Crippen LogP contribution < -0.4 is 0 Å². The van der Waals surface area contributed by atoms with Crippen molar-refractivity contribution in [3.63, 3.8) is 0 Å². The van der Waals surface area contributed by atoms with Crippen molar-refractivity contribution >= 4 is 11.6 Å². The van der Waals surface area contributed by atoms with E-state index in [4.69, 9.17) is 11.6 Å². The molecular weight excluding hydrogens is 236 g/mol. The maximum atomic E-state index is 9.62. The van der Waals surface area contributed by atoms with Gasteiger partial charge in [-0.25, -0.2) is 4.98 Å². The van der Waals surface area contributed by atoms with E-state index in [0.717, 1.165) is 35.1 Å². The maximum Gasteiger partial charge on any atom is 0.140 e. The first-order valence-corrected chi connectivity index (χ1v) is 6.10. The number of imidazole rings is 1. The molecule has 1 unspecified atom stereocenters.